The molecule has 0 atom stereocenters. The second kappa shape index (κ2) is 10.3. The van der Waals surface area contributed by atoms with E-state index < -0.39 is 0 Å². The van der Waals surface area contributed by atoms with Crippen LogP contribution in [-0.2, 0) is 6.61 Å². The van der Waals surface area contributed by atoms with Crippen LogP contribution in [0.5, 0.6) is 5.75 Å². The Hall–Kier alpha value is -4.09. The van der Waals surface area contributed by atoms with Gasteiger partial charge in [0, 0.05) is 11.1 Å². The number of amides is 1. The fourth-order valence-corrected chi connectivity index (χ4v) is 4.01. The number of ether oxygens (including phenoxy) is 1. The van der Waals surface area contributed by atoms with Crippen molar-refractivity contribution >= 4 is 34.3 Å². The molecule has 180 valence electrons. The summed E-state index contributed by atoms with van der Waals surface area (Å²) in [6.45, 7) is 4.70. The Labute approximate surface area is 214 Å². The van der Waals surface area contributed by atoms with Crippen LogP contribution < -0.4 is 10.1 Å². The number of carbonyl (C=O) groups is 1. The third-order valence-corrected chi connectivity index (χ3v) is 6.21. The van der Waals surface area contributed by atoms with Gasteiger partial charge in [-0.05, 0) is 65.6 Å². The number of halogens is 1. The van der Waals surface area contributed by atoms with Crippen LogP contribution in [0, 0.1) is 0 Å². The molecule has 5 aromatic rings. The van der Waals surface area contributed by atoms with E-state index in [1.807, 2.05) is 60.7 Å². The van der Waals surface area contributed by atoms with Crippen LogP contribution in [0.15, 0.2) is 95.4 Å². The molecule has 4 aromatic carbocycles. The van der Waals surface area contributed by atoms with Gasteiger partial charge in [0.15, 0.2) is 5.58 Å². The van der Waals surface area contributed by atoms with Gasteiger partial charge in [-0.2, -0.15) is 0 Å². The van der Waals surface area contributed by atoms with E-state index in [0.717, 1.165) is 16.6 Å². The lowest BCUT2D eigenvalue weighted by Crippen LogP contribution is -2.12. The van der Waals surface area contributed by atoms with Crippen LogP contribution in [0.2, 0.25) is 5.02 Å². The van der Waals surface area contributed by atoms with Gasteiger partial charge in [0.25, 0.3) is 5.91 Å². The van der Waals surface area contributed by atoms with E-state index in [9.17, 15) is 4.79 Å². The van der Waals surface area contributed by atoms with Gasteiger partial charge in [0.2, 0.25) is 5.89 Å². The van der Waals surface area contributed by atoms with Crippen LogP contribution in [0.25, 0.3) is 22.6 Å². The van der Waals surface area contributed by atoms with Crippen molar-refractivity contribution in [1.82, 2.24) is 4.98 Å². The van der Waals surface area contributed by atoms with Crippen molar-refractivity contribution in [3.8, 4) is 17.2 Å². The van der Waals surface area contributed by atoms with Gasteiger partial charge in [-0.1, -0.05) is 67.9 Å². The van der Waals surface area contributed by atoms with Gasteiger partial charge in [-0.15, -0.1) is 0 Å². The quantitative estimate of drug-likeness (QED) is 0.247. The molecule has 1 N–H and O–H groups in total. The van der Waals surface area contributed by atoms with Gasteiger partial charge < -0.3 is 14.5 Å². The monoisotopic (exact) mass is 496 g/mol. The molecule has 0 unspecified atom stereocenters. The van der Waals surface area contributed by atoms with Crippen molar-refractivity contribution in [2.24, 2.45) is 0 Å². The van der Waals surface area contributed by atoms with Crippen molar-refractivity contribution in [2.75, 3.05) is 5.32 Å². The van der Waals surface area contributed by atoms with E-state index in [1.165, 1.54) is 5.56 Å². The molecule has 6 heteroatoms. The topological polar surface area (TPSA) is 64.4 Å². The number of carbonyl (C=O) groups excluding carboxylic acids is 1. The maximum absolute atomic E-state index is 13.0. The highest BCUT2D eigenvalue weighted by atomic mass is 35.5. The first-order chi connectivity index (χ1) is 17.5. The maximum Gasteiger partial charge on any atom is 0.255 e. The van der Waals surface area contributed by atoms with Gasteiger partial charge >= 0.3 is 0 Å². The lowest BCUT2D eigenvalue weighted by Gasteiger charge is -2.10. The van der Waals surface area contributed by atoms with Crippen molar-refractivity contribution in [3.05, 3.63) is 113 Å². The molecule has 0 spiro atoms. The highest BCUT2D eigenvalue weighted by molar-refractivity contribution is 6.34. The SMILES string of the molecule is CC(C)c1ccc2oc(-c3ccc(Cl)c(NC(=O)c4cccc(OCc5ccccc5)c4)c3)nc2c1. The number of anilines is 1. The van der Waals surface area contributed by atoms with Crippen molar-refractivity contribution in [2.45, 2.75) is 26.4 Å². The van der Waals surface area contributed by atoms with Gasteiger partial charge in [-0.3, -0.25) is 4.79 Å². The normalized spacial score (nSPS) is 11.1. The summed E-state index contributed by atoms with van der Waals surface area (Å²) in [7, 11) is 0. The number of fused-ring (bicyclic) bond motifs is 1. The number of hydrogen-bond acceptors (Lipinski definition) is 4. The number of aromatic nitrogens is 1. The number of hydrogen-bond donors (Lipinski definition) is 1. The number of oxazole rings is 1. The summed E-state index contributed by atoms with van der Waals surface area (Å²) in [6, 6.07) is 28.3. The summed E-state index contributed by atoms with van der Waals surface area (Å²) < 4.78 is 11.8. The molecule has 1 aromatic heterocycles. The molecule has 1 heterocycles. The van der Waals surface area contributed by atoms with E-state index in [4.69, 9.17) is 20.8 Å². The summed E-state index contributed by atoms with van der Waals surface area (Å²) in [6.07, 6.45) is 0. The molecule has 36 heavy (non-hydrogen) atoms. The van der Waals surface area contributed by atoms with Gasteiger partial charge in [0.1, 0.15) is 17.9 Å². The first-order valence-electron chi connectivity index (χ1n) is 11.7. The van der Waals surface area contributed by atoms with E-state index in [-0.39, 0.29) is 5.91 Å². The van der Waals surface area contributed by atoms with Crippen LogP contribution in [0.4, 0.5) is 5.69 Å². The smallest absolute Gasteiger partial charge is 0.255 e. The van der Waals surface area contributed by atoms with Crippen LogP contribution in [0.3, 0.4) is 0 Å². The zero-order valence-electron chi connectivity index (χ0n) is 20.0. The maximum atomic E-state index is 13.0. The Balaban J connectivity index is 1.34. The Bertz CT molecular complexity index is 1530. The average molecular weight is 497 g/mol. The molecule has 0 radical (unpaired) electrons. The lowest BCUT2D eigenvalue weighted by atomic mass is 10.0. The largest absolute Gasteiger partial charge is 0.489 e. The Morgan fingerprint density at radius 3 is 2.61 bits per heavy atom. The standard InChI is InChI=1S/C30H25ClN2O3/c1-19(2)21-12-14-28-27(16-21)33-30(36-28)23-11-13-25(31)26(17-23)32-29(34)22-9-6-10-24(15-22)35-18-20-7-4-3-5-8-20/h3-17,19H,18H2,1-2H3,(H,32,34). The minimum Gasteiger partial charge on any atom is -0.489 e. The van der Waals surface area contributed by atoms with Crippen LogP contribution >= 0.6 is 11.6 Å². The second-order valence-corrected chi connectivity index (χ2v) is 9.26. The molecule has 0 fully saturated rings. The minimum absolute atomic E-state index is 0.293. The van der Waals surface area contributed by atoms with Gasteiger partial charge in [0.05, 0.1) is 10.7 Å². The molecule has 0 aliphatic rings. The number of rotatable bonds is 7. The Kier molecular flexibility index (Phi) is 6.74. The molecule has 5 nitrogen and oxygen atoms in total. The highest BCUT2D eigenvalue weighted by Gasteiger charge is 2.14. The third-order valence-electron chi connectivity index (χ3n) is 5.88. The number of nitrogens with zero attached hydrogens (tertiary/aromatic N) is 1. The van der Waals surface area contributed by atoms with Crippen molar-refractivity contribution in [3.63, 3.8) is 0 Å². The number of nitrogens with one attached hydrogen (secondary N) is 1. The van der Waals surface area contributed by atoms with Crippen molar-refractivity contribution in [1.29, 1.82) is 0 Å². The highest BCUT2D eigenvalue weighted by Crippen LogP contribution is 2.32. The fourth-order valence-electron chi connectivity index (χ4n) is 3.84. The molecule has 0 aliphatic carbocycles. The summed E-state index contributed by atoms with van der Waals surface area (Å²) in [4.78, 5) is 17.7. The summed E-state index contributed by atoms with van der Waals surface area (Å²) in [5, 5.41) is 3.32. The molecule has 1 amide bonds. The lowest BCUT2D eigenvalue weighted by molar-refractivity contribution is 0.102. The van der Waals surface area contributed by atoms with E-state index >= 15 is 0 Å². The molecule has 5 rings (SSSR count). The van der Waals surface area contributed by atoms with Crippen LogP contribution in [-0.4, -0.2) is 10.9 Å². The van der Waals surface area contributed by atoms with Crippen molar-refractivity contribution < 1.29 is 13.9 Å². The Morgan fingerprint density at radius 1 is 0.972 bits per heavy atom. The van der Waals surface area contributed by atoms with Gasteiger partial charge in [-0.25, -0.2) is 4.98 Å². The summed E-state index contributed by atoms with van der Waals surface area (Å²) in [5.74, 6) is 1.18. The fraction of sp³-hybridized carbons (Fsp3) is 0.133. The Morgan fingerprint density at radius 2 is 1.81 bits per heavy atom. The molecule has 0 aliphatic heterocycles. The van der Waals surface area contributed by atoms with Crippen LogP contribution in [0.1, 0.15) is 41.3 Å². The molecule has 0 saturated heterocycles. The molecular weight excluding hydrogens is 472 g/mol. The third kappa shape index (κ3) is 5.26. The minimum atomic E-state index is -0.293. The first kappa shape index (κ1) is 23.6. The van der Waals surface area contributed by atoms with E-state index in [0.29, 0.717) is 46.0 Å². The summed E-state index contributed by atoms with van der Waals surface area (Å²) >= 11 is 6.41. The molecule has 0 bridgehead atoms. The van der Waals surface area contributed by atoms with E-state index in [1.54, 1.807) is 30.3 Å². The number of benzene rings is 4. The summed E-state index contributed by atoms with van der Waals surface area (Å²) in [5.41, 5.74) is 5.41. The predicted molar refractivity (Wildman–Crippen MR) is 144 cm³/mol. The average Bonchev–Trinajstić information content (AvgIpc) is 3.33. The zero-order chi connectivity index (χ0) is 25.1. The zero-order valence-corrected chi connectivity index (χ0v) is 20.8. The predicted octanol–water partition coefficient (Wildman–Crippen LogP) is 8.10. The second-order valence-electron chi connectivity index (χ2n) is 8.85. The first-order valence-corrected chi connectivity index (χ1v) is 12.1. The molecular formula is C30H25ClN2O3. The molecule has 0 saturated carbocycles. The van der Waals surface area contributed by atoms with E-state index in [2.05, 4.69) is 24.1 Å².